The van der Waals surface area contributed by atoms with Gasteiger partial charge in [-0.1, -0.05) is 0 Å². The van der Waals surface area contributed by atoms with Crippen molar-refractivity contribution in [2.45, 2.75) is 24.7 Å². The monoisotopic (exact) mass is 162 g/mol. The number of hydrazine groups is 1. The van der Waals surface area contributed by atoms with Gasteiger partial charge in [-0.3, -0.25) is 17.3 Å². The van der Waals surface area contributed by atoms with E-state index < -0.39 is 5.79 Å². The predicted molar refractivity (Wildman–Crippen MR) is 44.2 cm³/mol. The highest BCUT2D eigenvalue weighted by Gasteiger charge is 2.35. The van der Waals surface area contributed by atoms with Crippen molar-refractivity contribution in [2.75, 3.05) is 6.54 Å². The first-order chi connectivity index (χ1) is 4.55. The summed E-state index contributed by atoms with van der Waals surface area (Å²) in [5, 5.41) is 1.40. The number of piperidine rings is 1. The highest BCUT2D eigenvalue weighted by Crippen LogP contribution is 2.13. The van der Waals surface area contributed by atoms with Crippen molar-refractivity contribution in [1.29, 1.82) is 0 Å². The summed E-state index contributed by atoms with van der Waals surface area (Å²) in [5.41, 5.74) is 16.9. The second-order valence-corrected chi connectivity index (χ2v) is 2.83. The third-order valence-electron chi connectivity index (χ3n) is 2.01. The standard InChI is InChI=1S/C5H15N5.H3N/c6-4-2-1-3-10(9)5(4,7)8;/h4H,1-3,6-9H2;1H3. The fourth-order valence-corrected chi connectivity index (χ4v) is 1.12. The predicted octanol–water partition coefficient (Wildman–Crippen LogP) is -1.98. The van der Waals surface area contributed by atoms with Crippen LogP contribution in [-0.2, 0) is 0 Å². The van der Waals surface area contributed by atoms with Crippen molar-refractivity contribution in [2.24, 2.45) is 23.0 Å². The highest BCUT2D eigenvalue weighted by atomic mass is 15.5. The summed E-state index contributed by atoms with van der Waals surface area (Å²) in [7, 11) is 0. The highest BCUT2D eigenvalue weighted by molar-refractivity contribution is 4.90. The summed E-state index contributed by atoms with van der Waals surface area (Å²) in [4.78, 5) is 0. The van der Waals surface area contributed by atoms with Gasteiger partial charge in [-0.05, 0) is 12.8 Å². The van der Waals surface area contributed by atoms with Crippen molar-refractivity contribution >= 4 is 0 Å². The molecule has 0 bridgehead atoms. The van der Waals surface area contributed by atoms with Gasteiger partial charge in [-0.15, -0.1) is 0 Å². The first-order valence-corrected chi connectivity index (χ1v) is 3.41. The van der Waals surface area contributed by atoms with Crippen molar-refractivity contribution in [3.05, 3.63) is 0 Å². The minimum absolute atomic E-state index is 0. The summed E-state index contributed by atoms with van der Waals surface area (Å²) in [6.07, 6.45) is 1.81. The summed E-state index contributed by atoms with van der Waals surface area (Å²) in [6, 6.07) is -0.216. The van der Waals surface area contributed by atoms with Gasteiger partial charge in [-0.25, -0.2) is 5.01 Å². The first-order valence-electron chi connectivity index (χ1n) is 3.41. The van der Waals surface area contributed by atoms with Crippen LogP contribution in [0, 0.1) is 0 Å². The molecule has 1 heterocycles. The Bertz CT molecular complexity index is 112. The van der Waals surface area contributed by atoms with Crippen molar-refractivity contribution < 1.29 is 0 Å². The molecule has 0 aromatic heterocycles. The summed E-state index contributed by atoms with van der Waals surface area (Å²) in [6.45, 7) is 0.723. The molecule has 0 saturated carbocycles. The summed E-state index contributed by atoms with van der Waals surface area (Å²) >= 11 is 0. The lowest BCUT2D eigenvalue weighted by molar-refractivity contribution is 0.0370. The fourth-order valence-electron chi connectivity index (χ4n) is 1.12. The fraction of sp³-hybridized carbons (Fsp3) is 1.00. The lowest BCUT2D eigenvalue weighted by atomic mass is 10.0. The Kier molecular flexibility index (Phi) is 3.36. The van der Waals surface area contributed by atoms with Gasteiger partial charge in [0.1, 0.15) is 5.79 Å². The van der Waals surface area contributed by atoms with Crippen molar-refractivity contribution in [1.82, 2.24) is 11.2 Å². The van der Waals surface area contributed by atoms with Crippen LogP contribution in [0.3, 0.4) is 0 Å². The van der Waals surface area contributed by atoms with E-state index in [1.807, 2.05) is 0 Å². The van der Waals surface area contributed by atoms with Crippen LogP contribution < -0.4 is 29.2 Å². The molecule has 0 aliphatic carbocycles. The van der Waals surface area contributed by atoms with Gasteiger partial charge in [0.15, 0.2) is 0 Å². The van der Waals surface area contributed by atoms with Crippen molar-refractivity contribution in [3.8, 4) is 0 Å². The van der Waals surface area contributed by atoms with E-state index >= 15 is 0 Å². The van der Waals surface area contributed by atoms with Gasteiger partial charge in [0.25, 0.3) is 0 Å². The lowest BCUT2D eigenvalue weighted by Gasteiger charge is -2.42. The molecule has 68 valence electrons. The normalized spacial score (nSPS) is 31.1. The largest absolute Gasteiger partial charge is 0.344 e. The van der Waals surface area contributed by atoms with E-state index in [0.29, 0.717) is 0 Å². The zero-order valence-electron chi connectivity index (χ0n) is 6.66. The molecule has 11 heavy (non-hydrogen) atoms. The van der Waals surface area contributed by atoms with Crippen LogP contribution in [0.5, 0.6) is 0 Å². The van der Waals surface area contributed by atoms with E-state index in [1.165, 1.54) is 5.01 Å². The van der Waals surface area contributed by atoms with Gasteiger partial charge in [0.05, 0.1) is 6.04 Å². The van der Waals surface area contributed by atoms with Crippen LogP contribution in [0.15, 0.2) is 0 Å². The first kappa shape index (κ1) is 10.8. The van der Waals surface area contributed by atoms with Crippen LogP contribution in [-0.4, -0.2) is 23.4 Å². The van der Waals surface area contributed by atoms with Gasteiger partial charge >= 0.3 is 0 Å². The zero-order chi connectivity index (χ0) is 7.78. The van der Waals surface area contributed by atoms with Crippen LogP contribution in [0.4, 0.5) is 0 Å². The minimum Gasteiger partial charge on any atom is -0.344 e. The number of nitrogens with zero attached hydrogens (tertiary/aromatic N) is 1. The molecule has 0 amide bonds. The van der Waals surface area contributed by atoms with Crippen LogP contribution in [0.2, 0.25) is 0 Å². The van der Waals surface area contributed by atoms with Gasteiger partial charge in [-0.2, -0.15) is 0 Å². The summed E-state index contributed by atoms with van der Waals surface area (Å²) < 4.78 is 0. The van der Waals surface area contributed by atoms with Gasteiger partial charge in [0, 0.05) is 6.54 Å². The zero-order valence-corrected chi connectivity index (χ0v) is 6.66. The molecular formula is C5H18N6. The van der Waals surface area contributed by atoms with E-state index in [4.69, 9.17) is 23.0 Å². The third-order valence-corrected chi connectivity index (χ3v) is 2.01. The molecule has 11 N–H and O–H groups in total. The number of rotatable bonds is 0. The molecule has 1 fully saturated rings. The molecule has 1 unspecified atom stereocenters. The molecule has 0 spiro atoms. The van der Waals surface area contributed by atoms with E-state index in [0.717, 1.165) is 19.4 Å². The molecule has 1 atom stereocenters. The van der Waals surface area contributed by atoms with E-state index in [2.05, 4.69) is 0 Å². The Labute approximate surface area is 66.4 Å². The van der Waals surface area contributed by atoms with Crippen LogP contribution >= 0.6 is 0 Å². The second-order valence-electron chi connectivity index (χ2n) is 2.83. The van der Waals surface area contributed by atoms with Crippen LogP contribution in [0.1, 0.15) is 12.8 Å². The van der Waals surface area contributed by atoms with Gasteiger partial charge in [0.2, 0.25) is 0 Å². The lowest BCUT2D eigenvalue weighted by Crippen LogP contribution is -2.76. The molecular weight excluding hydrogens is 144 g/mol. The Balaban J connectivity index is 0.000001000. The molecule has 6 nitrogen and oxygen atoms in total. The Hall–Kier alpha value is -0.240. The molecule has 1 rings (SSSR count). The Morgan fingerprint density at radius 2 is 1.91 bits per heavy atom. The SMILES string of the molecule is N.NC1CCCN(N)C1(N)N. The maximum Gasteiger partial charge on any atom is 0.149 e. The van der Waals surface area contributed by atoms with Crippen LogP contribution in [0.25, 0.3) is 0 Å². The Morgan fingerprint density at radius 1 is 1.36 bits per heavy atom. The van der Waals surface area contributed by atoms with Crippen molar-refractivity contribution in [3.63, 3.8) is 0 Å². The maximum atomic E-state index is 5.63. The molecule has 0 aromatic rings. The smallest absolute Gasteiger partial charge is 0.149 e. The molecule has 0 aromatic carbocycles. The number of hydrogen-bond acceptors (Lipinski definition) is 6. The third kappa shape index (κ3) is 1.86. The maximum absolute atomic E-state index is 5.63. The average Bonchev–Trinajstić information content (AvgIpc) is 1.84. The number of hydrogen-bond donors (Lipinski definition) is 5. The summed E-state index contributed by atoms with van der Waals surface area (Å²) in [5.74, 6) is 4.49. The minimum atomic E-state index is -1.02. The van der Waals surface area contributed by atoms with E-state index in [-0.39, 0.29) is 12.2 Å². The molecule has 1 aliphatic rings. The molecule has 0 radical (unpaired) electrons. The van der Waals surface area contributed by atoms with E-state index in [1.54, 1.807) is 0 Å². The average molecular weight is 162 g/mol. The topological polar surface area (TPSA) is 142 Å². The second kappa shape index (κ2) is 3.44. The van der Waals surface area contributed by atoms with Gasteiger partial charge < -0.3 is 11.9 Å². The van der Waals surface area contributed by atoms with E-state index in [9.17, 15) is 0 Å². The quantitative estimate of drug-likeness (QED) is 0.206. The molecule has 1 saturated heterocycles. The molecule has 6 heteroatoms. The Morgan fingerprint density at radius 3 is 2.27 bits per heavy atom. The number of nitrogens with two attached hydrogens (primary N) is 4. The molecule has 1 aliphatic heterocycles.